The fraction of sp³-hybridized carbons (Fsp3) is 0.765. The molecule has 1 aliphatic carbocycles. The molecule has 126 valence electrons. The van der Waals surface area contributed by atoms with Crippen LogP contribution in [0.5, 0.6) is 0 Å². The summed E-state index contributed by atoms with van der Waals surface area (Å²) >= 11 is 0. The van der Waals surface area contributed by atoms with Crippen molar-refractivity contribution in [2.45, 2.75) is 50.2 Å². The third kappa shape index (κ3) is 3.49. The molecule has 0 spiro atoms. The number of anilines is 1. The lowest BCUT2D eigenvalue weighted by atomic mass is 9.90. The second-order valence-electron chi connectivity index (χ2n) is 6.74. The number of morpholine rings is 1. The van der Waals surface area contributed by atoms with Crippen molar-refractivity contribution in [2.24, 2.45) is 0 Å². The van der Waals surface area contributed by atoms with Gasteiger partial charge in [0.25, 0.3) is 0 Å². The largest absolute Gasteiger partial charge is 0.381 e. The molecule has 4 rings (SSSR count). The first-order chi connectivity index (χ1) is 11.4. The van der Waals surface area contributed by atoms with Gasteiger partial charge in [0, 0.05) is 38.0 Å². The van der Waals surface area contributed by atoms with Crippen LogP contribution in [0.15, 0.2) is 12.3 Å². The van der Waals surface area contributed by atoms with E-state index in [9.17, 15) is 0 Å². The van der Waals surface area contributed by atoms with Gasteiger partial charge in [0.15, 0.2) is 0 Å². The molecule has 23 heavy (non-hydrogen) atoms. The van der Waals surface area contributed by atoms with Crippen LogP contribution in [0.1, 0.15) is 44.0 Å². The average Bonchev–Trinajstić information content (AvgIpc) is 2.55. The molecule has 6 nitrogen and oxygen atoms in total. The lowest BCUT2D eigenvalue weighted by Gasteiger charge is -2.44. The number of rotatable bonds is 4. The molecule has 1 N–H and O–H groups in total. The van der Waals surface area contributed by atoms with Crippen LogP contribution in [0.4, 0.5) is 5.82 Å². The van der Waals surface area contributed by atoms with Crippen LogP contribution in [0, 0.1) is 0 Å². The second kappa shape index (κ2) is 7.11. The van der Waals surface area contributed by atoms with Gasteiger partial charge in [0.2, 0.25) is 0 Å². The molecule has 2 aliphatic heterocycles. The standard InChI is InChI=1S/C17H26N4O2/c1-2-14(3-1)21-8-11-23-12-15(21)17-18-7-4-16(20-17)19-13-5-9-22-10-6-13/h4,7,13-15H,1-3,5-6,8-12H2,(H,18,19,20). The van der Waals surface area contributed by atoms with Crippen LogP contribution in [0.25, 0.3) is 0 Å². The molecule has 3 aliphatic rings. The molecule has 0 bridgehead atoms. The van der Waals surface area contributed by atoms with Crippen LogP contribution < -0.4 is 5.32 Å². The predicted molar refractivity (Wildman–Crippen MR) is 87.4 cm³/mol. The van der Waals surface area contributed by atoms with Crippen LogP contribution in [0.3, 0.4) is 0 Å². The Bertz CT molecular complexity index is 517. The van der Waals surface area contributed by atoms with E-state index < -0.39 is 0 Å². The molecule has 0 aromatic carbocycles. The maximum atomic E-state index is 5.72. The van der Waals surface area contributed by atoms with E-state index in [0.29, 0.717) is 18.7 Å². The molecular weight excluding hydrogens is 292 g/mol. The first kappa shape index (κ1) is 15.3. The van der Waals surface area contributed by atoms with E-state index in [1.807, 2.05) is 12.3 Å². The number of nitrogens with one attached hydrogen (secondary N) is 1. The summed E-state index contributed by atoms with van der Waals surface area (Å²) in [6.45, 7) is 4.20. The van der Waals surface area contributed by atoms with E-state index in [0.717, 1.165) is 50.8 Å². The molecule has 3 heterocycles. The Kier molecular flexibility index (Phi) is 4.73. The maximum absolute atomic E-state index is 5.72. The molecule has 3 fully saturated rings. The predicted octanol–water partition coefficient (Wildman–Crippen LogP) is 1.99. The number of aromatic nitrogens is 2. The summed E-state index contributed by atoms with van der Waals surface area (Å²) in [5.74, 6) is 1.83. The monoisotopic (exact) mass is 318 g/mol. The van der Waals surface area contributed by atoms with Crippen molar-refractivity contribution in [1.29, 1.82) is 0 Å². The third-order valence-electron chi connectivity index (χ3n) is 5.26. The third-order valence-corrected chi connectivity index (χ3v) is 5.26. The Hall–Kier alpha value is -1.24. The molecule has 0 amide bonds. The van der Waals surface area contributed by atoms with Crippen LogP contribution in [-0.2, 0) is 9.47 Å². The highest BCUT2D eigenvalue weighted by molar-refractivity contribution is 5.34. The first-order valence-corrected chi connectivity index (χ1v) is 8.91. The van der Waals surface area contributed by atoms with Crippen molar-refractivity contribution in [3.05, 3.63) is 18.1 Å². The minimum atomic E-state index is 0.200. The summed E-state index contributed by atoms with van der Waals surface area (Å²) in [5, 5.41) is 3.54. The van der Waals surface area contributed by atoms with Gasteiger partial charge in [-0.2, -0.15) is 0 Å². The molecule has 1 atom stereocenters. The van der Waals surface area contributed by atoms with Crippen LogP contribution in [0.2, 0.25) is 0 Å². The van der Waals surface area contributed by atoms with Gasteiger partial charge in [0.05, 0.1) is 19.3 Å². The molecule has 0 radical (unpaired) electrons. The van der Waals surface area contributed by atoms with E-state index in [1.54, 1.807) is 0 Å². The lowest BCUT2D eigenvalue weighted by Crippen LogP contribution is -2.49. The van der Waals surface area contributed by atoms with E-state index in [2.05, 4.69) is 15.2 Å². The summed E-state index contributed by atoms with van der Waals surface area (Å²) in [7, 11) is 0. The molecule has 1 aromatic rings. The quantitative estimate of drug-likeness (QED) is 0.916. The van der Waals surface area contributed by atoms with Crippen molar-refractivity contribution < 1.29 is 9.47 Å². The zero-order valence-corrected chi connectivity index (χ0v) is 13.6. The minimum Gasteiger partial charge on any atom is -0.381 e. The first-order valence-electron chi connectivity index (χ1n) is 8.91. The van der Waals surface area contributed by atoms with Crippen molar-refractivity contribution in [3.8, 4) is 0 Å². The highest BCUT2D eigenvalue weighted by Crippen LogP contribution is 2.33. The fourth-order valence-electron chi connectivity index (χ4n) is 3.66. The van der Waals surface area contributed by atoms with Crippen molar-refractivity contribution in [2.75, 3.05) is 38.3 Å². The van der Waals surface area contributed by atoms with Crippen LogP contribution >= 0.6 is 0 Å². The van der Waals surface area contributed by atoms with Crippen molar-refractivity contribution in [3.63, 3.8) is 0 Å². The highest BCUT2D eigenvalue weighted by atomic mass is 16.5. The van der Waals surface area contributed by atoms with Crippen molar-refractivity contribution >= 4 is 5.82 Å². The Morgan fingerprint density at radius 2 is 1.96 bits per heavy atom. The Labute approximate surface area is 137 Å². The molecule has 2 saturated heterocycles. The van der Waals surface area contributed by atoms with Gasteiger partial charge in [-0.3, -0.25) is 4.90 Å². The van der Waals surface area contributed by atoms with E-state index in [4.69, 9.17) is 14.5 Å². The summed E-state index contributed by atoms with van der Waals surface area (Å²) in [6.07, 6.45) is 7.91. The zero-order valence-electron chi connectivity index (χ0n) is 13.6. The van der Waals surface area contributed by atoms with E-state index >= 15 is 0 Å². The number of hydrogen-bond acceptors (Lipinski definition) is 6. The SMILES string of the molecule is c1cc(NC2CCOCC2)nc(C2COCCN2C2CCC2)n1. The molecule has 1 saturated carbocycles. The fourth-order valence-corrected chi connectivity index (χ4v) is 3.66. The summed E-state index contributed by atoms with van der Waals surface area (Å²) < 4.78 is 11.1. The maximum Gasteiger partial charge on any atom is 0.150 e. The smallest absolute Gasteiger partial charge is 0.150 e. The van der Waals surface area contributed by atoms with Crippen LogP contribution in [-0.4, -0.2) is 59.9 Å². The topological polar surface area (TPSA) is 59.5 Å². The van der Waals surface area contributed by atoms with Gasteiger partial charge < -0.3 is 14.8 Å². The van der Waals surface area contributed by atoms with E-state index in [-0.39, 0.29) is 6.04 Å². The minimum absolute atomic E-state index is 0.200. The van der Waals surface area contributed by atoms with Gasteiger partial charge in [-0.15, -0.1) is 0 Å². The molecule has 6 heteroatoms. The number of nitrogens with zero attached hydrogens (tertiary/aromatic N) is 3. The summed E-state index contributed by atoms with van der Waals surface area (Å²) in [5.41, 5.74) is 0. The van der Waals surface area contributed by atoms with Gasteiger partial charge in [-0.1, -0.05) is 6.42 Å². The van der Waals surface area contributed by atoms with Gasteiger partial charge in [-0.25, -0.2) is 9.97 Å². The lowest BCUT2D eigenvalue weighted by molar-refractivity contribution is -0.0496. The Morgan fingerprint density at radius 1 is 1.09 bits per heavy atom. The number of hydrogen-bond donors (Lipinski definition) is 1. The Morgan fingerprint density at radius 3 is 2.74 bits per heavy atom. The van der Waals surface area contributed by atoms with Gasteiger partial charge in [0.1, 0.15) is 11.6 Å². The Balaban J connectivity index is 1.47. The molecule has 1 aromatic heterocycles. The number of ether oxygens (including phenoxy) is 2. The highest BCUT2D eigenvalue weighted by Gasteiger charge is 2.35. The molecular formula is C17H26N4O2. The summed E-state index contributed by atoms with van der Waals surface area (Å²) in [4.78, 5) is 11.9. The van der Waals surface area contributed by atoms with Crippen molar-refractivity contribution in [1.82, 2.24) is 14.9 Å². The summed E-state index contributed by atoms with van der Waals surface area (Å²) in [6, 6.07) is 3.32. The second-order valence-corrected chi connectivity index (χ2v) is 6.74. The normalized spacial score (nSPS) is 27.6. The van der Waals surface area contributed by atoms with E-state index in [1.165, 1.54) is 19.3 Å². The van der Waals surface area contributed by atoms with Gasteiger partial charge in [-0.05, 0) is 31.7 Å². The zero-order chi connectivity index (χ0) is 15.5. The average molecular weight is 318 g/mol. The van der Waals surface area contributed by atoms with Gasteiger partial charge >= 0.3 is 0 Å². The molecule has 1 unspecified atom stereocenters.